The second-order valence-corrected chi connectivity index (χ2v) is 8.33. The molecule has 10 nitrogen and oxygen atoms in total. The Kier molecular flexibility index (Phi) is 4.80. The quantitative estimate of drug-likeness (QED) is 0.429. The van der Waals surface area contributed by atoms with Crippen LogP contribution in [0.1, 0.15) is 26.2 Å². The van der Waals surface area contributed by atoms with Crippen LogP contribution in [-0.2, 0) is 9.53 Å². The maximum Gasteiger partial charge on any atom is 0.269 e. The molecule has 0 radical (unpaired) electrons. The predicted octanol–water partition coefficient (Wildman–Crippen LogP) is 2.42. The number of anilines is 3. The number of nitrogens with one attached hydrogen (secondary N) is 1. The highest BCUT2D eigenvalue weighted by molar-refractivity contribution is 6.02. The van der Waals surface area contributed by atoms with E-state index in [1.54, 1.807) is 31.0 Å². The van der Waals surface area contributed by atoms with Crippen molar-refractivity contribution in [2.75, 3.05) is 28.5 Å². The molecule has 1 saturated heterocycles. The van der Waals surface area contributed by atoms with E-state index < -0.39 is 22.4 Å². The normalized spacial score (nSPS) is 25.1. The zero-order valence-electron chi connectivity index (χ0n) is 18.4. The number of amides is 1. The van der Waals surface area contributed by atoms with Gasteiger partial charge in [0, 0.05) is 19.2 Å². The van der Waals surface area contributed by atoms with Gasteiger partial charge in [-0.25, -0.2) is 0 Å². The lowest BCUT2D eigenvalue weighted by Crippen LogP contribution is -2.60. The largest absolute Gasteiger partial charge is 0.611 e. The molecular formula is C23H24N5O5-. The highest BCUT2D eigenvalue weighted by atomic mass is 16.6. The van der Waals surface area contributed by atoms with Crippen molar-refractivity contribution in [1.29, 1.82) is 0 Å². The summed E-state index contributed by atoms with van der Waals surface area (Å²) >= 11 is 0. The Hall–Kier alpha value is -3.95. The van der Waals surface area contributed by atoms with Gasteiger partial charge in [0.2, 0.25) is 5.91 Å². The smallest absolute Gasteiger partial charge is 0.269 e. The zero-order valence-corrected chi connectivity index (χ0v) is 18.4. The van der Waals surface area contributed by atoms with Crippen molar-refractivity contribution in [1.82, 2.24) is 5.43 Å². The van der Waals surface area contributed by atoms with Crippen molar-refractivity contribution < 1.29 is 19.6 Å². The number of hydrazine groups is 1. The molecule has 0 bridgehead atoms. The standard InChI is InChI=1S/C23H25N5O5/c1-3-33-22(30)20-24-27(15-10-12-16(13-11-15)28(31)32)23-14-6-7-17(23)21(29)25(2)18-8-4-5-9-19(18)26(20)23/h4-5,8-13,17,24,30H,3,6-7,14H2,1-2H3/p-1/t17-,23-/m1/s1. The van der Waals surface area contributed by atoms with E-state index in [1.807, 2.05) is 34.2 Å². The fourth-order valence-corrected chi connectivity index (χ4v) is 5.34. The van der Waals surface area contributed by atoms with Gasteiger partial charge in [0.25, 0.3) is 5.69 Å². The molecule has 2 atom stereocenters. The Morgan fingerprint density at radius 3 is 2.58 bits per heavy atom. The number of hydrogen-bond acceptors (Lipinski definition) is 8. The van der Waals surface area contributed by atoms with E-state index in [-0.39, 0.29) is 24.0 Å². The van der Waals surface area contributed by atoms with Crippen molar-refractivity contribution in [2.45, 2.75) is 31.8 Å². The Morgan fingerprint density at radius 2 is 1.91 bits per heavy atom. The molecule has 1 N–H and O–H groups in total. The van der Waals surface area contributed by atoms with E-state index in [2.05, 4.69) is 5.43 Å². The van der Waals surface area contributed by atoms with Gasteiger partial charge in [0.1, 0.15) is 11.5 Å². The summed E-state index contributed by atoms with van der Waals surface area (Å²) in [4.78, 5) is 28.0. The molecule has 0 aromatic heterocycles. The summed E-state index contributed by atoms with van der Waals surface area (Å²) in [6.45, 7) is 1.94. The third-order valence-electron chi connectivity index (χ3n) is 6.71. The second-order valence-electron chi connectivity index (χ2n) is 8.33. The number of fused-ring (bicyclic) bond motifs is 2. The van der Waals surface area contributed by atoms with Gasteiger partial charge in [-0.1, -0.05) is 19.1 Å². The molecule has 1 amide bonds. The first-order valence-electron chi connectivity index (χ1n) is 10.9. The number of carbonyl (C=O) groups excluding carboxylic acids is 1. The van der Waals surface area contributed by atoms with E-state index in [9.17, 15) is 20.0 Å². The molecule has 1 aliphatic carbocycles. The lowest BCUT2D eigenvalue weighted by Gasteiger charge is -2.43. The van der Waals surface area contributed by atoms with E-state index in [0.29, 0.717) is 24.2 Å². The summed E-state index contributed by atoms with van der Waals surface area (Å²) in [6.07, 6.45) is 2.04. The number of carbonyl (C=O) groups is 1. The molecule has 2 aliphatic heterocycles. The van der Waals surface area contributed by atoms with Crippen molar-refractivity contribution in [3.8, 4) is 0 Å². The van der Waals surface area contributed by atoms with Crippen LogP contribution in [0.2, 0.25) is 0 Å². The number of para-hydroxylation sites is 2. The summed E-state index contributed by atoms with van der Waals surface area (Å²) < 4.78 is 5.37. The summed E-state index contributed by atoms with van der Waals surface area (Å²) in [5.74, 6) is -0.790. The number of non-ortho nitro benzene ring substituents is 1. The second kappa shape index (κ2) is 7.58. The average molecular weight is 450 g/mol. The highest BCUT2D eigenvalue weighted by Crippen LogP contribution is 2.55. The number of nitro benzene ring substituents is 1. The van der Waals surface area contributed by atoms with Gasteiger partial charge in [-0.2, -0.15) is 0 Å². The van der Waals surface area contributed by atoms with Gasteiger partial charge < -0.3 is 14.7 Å². The van der Waals surface area contributed by atoms with Crippen LogP contribution in [-0.4, -0.2) is 30.1 Å². The Morgan fingerprint density at radius 1 is 1.21 bits per heavy atom. The topological polar surface area (TPSA) is 114 Å². The Bertz CT molecular complexity index is 1150. The lowest BCUT2D eigenvalue weighted by atomic mass is 9.92. The summed E-state index contributed by atoms with van der Waals surface area (Å²) in [6, 6.07) is 13.6. The fraction of sp³-hybridized carbons (Fsp3) is 0.348. The molecule has 1 saturated carbocycles. The molecule has 3 aliphatic rings. The van der Waals surface area contributed by atoms with Crippen LogP contribution in [0.25, 0.3) is 0 Å². The van der Waals surface area contributed by atoms with E-state index in [1.165, 1.54) is 12.1 Å². The average Bonchev–Trinajstić information content (AvgIpc) is 3.39. The SMILES string of the molecule is CCOC([O-])=C1NN(c2ccc([N+](=O)[O-])cc2)[C@]23CCC[C@@H]2C(=O)N(C)c2ccccc2N13. The van der Waals surface area contributed by atoms with Crippen LogP contribution in [0.4, 0.5) is 22.7 Å². The maximum atomic E-state index is 13.7. The maximum absolute atomic E-state index is 13.7. The van der Waals surface area contributed by atoms with Gasteiger partial charge in [-0.05, 0) is 50.1 Å². The van der Waals surface area contributed by atoms with Gasteiger partial charge in [0.15, 0.2) is 0 Å². The van der Waals surface area contributed by atoms with E-state index >= 15 is 0 Å². The third kappa shape index (κ3) is 2.90. The lowest BCUT2D eigenvalue weighted by molar-refractivity contribution is -0.384. The molecule has 172 valence electrons. The molecule has 33 heavy (non-hydrogen) atoms. The molecule has 0 unspecified atom stereocenters. The van der Waals surface area contributed by atoms with Crippen LogP contribution in [0.3, 0.4) is 0 Å². The first kappa shape index (κ1) is 20.9. The third-order valence-corrected chi connectivity index (χ3v) is 6.71. The van der Waals surface area contributed by atoms with Crippen LogP contribution in [0.5, 0.6) is 0 Å². The van der Waals surface area contributed by atoms with Gasteiger partial charge in [-0.3, -0.25) is 30.2 Å². The minimum atomic E-state index is -0.907. The van der Waals surface area contributed by atoms with Crippen molar-refractivity contribution in [3.63, 3.8) is 0 Å². The van der Waals surface area contributed by atoms with E-state index in [4.69, 9.17) is 4.74 Å². The summed E-state index contributed by atoms with van der Waals surface area (Å²) in [7, 11) is 1.75. The highest BCUT2D eigenvalue weighted by Gasteiger charge is 2.62. The van der Waals surface area contributed by atoms with Crippen molar-refractivity contribution in [3.05, 3.63) is 70.4 Å². The molecule has 2 fully saturated rings. The number of nitro groups is 1. The van der Waals surface area contributed by atoms with Gasteiger partial charge in [0.05, 0.1) is 33.8 Å². The predicted molar refractivity (Wildman–Crippen MR) is 120 cm³/mol. The van der Waals surface area contributed by atoms with E-state index in [0.717, 1.165) is 12.1 Å². The number of ether oxygens (including phenoxy) is 1. The molecular weight excluding hydrogens is 426 g/mol. The number of nitrogens with zero attached hydrogens (tertiary/aromatic N) is 4. The number of benzene rings is 2. The molecule has 2 aromatic rings. The molecule has 5 rings (SSSR count). The van der Waals surface area contributed by atoms with Crippen LogP contribution in [0.15, 0.2) is 60.3 Å². The van der Waals surface area contributed by atoms with Crippen molar-refractivity contribution >= 4 is 28.7 Å². The molecule has 10 heteroatoms. The summed E-state index contributed by atoms with van der Waals surface area (Å²) in [5, 5.41) is 26.1. The Labute approximate surface area is 190 Å². The number of hydrogen-bond donors (Lipinski definition) is 1. The monoisotopic (exact) mass is 450 g/mol. The minimum absolute atomic E-state index is 0.0353. The fourth-order valence-electron chi connectivity index (χ4n) is 5.34. The molecule has 2 heterocycles. The Balaban J connectivity index is 1.76. The zero-order chi connectivity index (χ0) is 23.3. The first-order chi connectivity index (χ1) is 15.9. The van der Waals surface area contributed by atoms with Crippen molar-refractivity contribution in [2.24, 2.45) is 5.92 Å². The number of rotatable bonds is 4. The van der Waals surface area contributed by atoms with Crippen LogP contribution in [0, 0.1) is 16.0 Å². The first-order valence-corrected chi connectivity index (χ1v) is 10.9. The van der Waals surface area contributed by atoms with Gasteiger partial charge >= 0.3 is 0 Å². The molecule has 1 spiro atoms. The summed E-state index contributed by atoms with van der Waals surface area (Å²) in [5.41, 5.74) is 4.30. The minimum Gasteiger partial charge on any atom is -0.611 e. The van der Waals surface area contributed by atoms with Gasteiger partial charge in [-0.15, -0.1) is 0 Å². The van der Waals surface area contributed by atoms with Crippen LogP contribution >= 0.6 is 0 Å². The van der Waals surface area contributed by atoms with Crippen LogP contribution < -0.4 is 25.3 Å². The molecule has 2 aromatic carbocycles.